The molecule has 2 fully saturated rings. The summed E-state index contributed by atoms with van der Waals surface area (Å²) in [5, 5.41) is 24.8. The molecule has 0 aliphatic carbocycles. The molecule has 0 spiro atoms. The van der Waals surface area contributed by atoms with Crippen molar-refractivity contribution in [1.82, 2.24) is 46.0 Å². The average Bonchev–Trinajstić information content (AvgIpc) is 3.88. The van der Waals surface area contributed by atoms with Crippen LogP contribution in [0.2, 0.25) is 0 Å². The van der Waals surface area contributed by atoms with Crippen LogP contribution in [0.25, 0.3) is 0 Å². The van der Waals surface area contributed by atoms with Gasteiger partial charge in [-0.05, 0) is 97.3 Å². The Morgan fingerprint density at radius 1 is 0.528 bits per heavy atom. The van der Waals surface area contributed by atoms with Crippen molar-refractivity contribution in [1.29, 1.82) is 0 Å². The second-order valence-electron chi connectivity index (χ2n) is 13.3. The molecule has 0 saturated carbocycles. The highest BCUT2D eigenvalue weighted by molar-refractivity contribution is 8.76. The Morgan fingerprint density at radius 3 is 1.47 bits per heavy atom. The Bertz CT molecular complexity index is 967. The Kier molecular flexibility index (Phi) is 31.2. The van der Waals surface area contributed by atoms with Gasteiger partial charge in [0.1, 0.15) is 0 Å². The molecule has 4 amide bonds. The first-order chi connectivity index (χ1) is 26.0. The molecule has 2 heterocycles. The van der Waals surface area contributed by atoms with E-state index < -0.39 is 0 Å². The number of carbonyl (C=O) groups is 4. The van der Waals surface area contributed by atoms with Crippen molar-refractivity contribution in [2.45, 2.75) is 70.6 Å². The van der Waals surface area contributed by atoms with Crippen LogP contribution in [-0.2, 0) is 19.2 Å². The number of rotatable bonds is 35. The van der Waals surface area contributed by atoms with Gasteiger partial charge in [-0.1, -0.05) is 32.4 Å². The van der Waals surface area contributed by atoms with Crippen molar-refractivity contribution in [3.63, 3.8) is 0 Å². The predicted molar refractivity (Wildman–Crippen MR) is 225 cm³/mol. The van der Waals surface area contributed by atoms with E-state index in [0.29, 0.717) is 90.2 Å². The lowest BCUT2D eigenvalue weighted by Crippen LogP contribution is -2.34. The fourth-order valence-corrected chi connectivity index (χ4v) is 9.21. The summed E-state index contributed by atoms with van der Waals surface area (Å²) in [5.41, 5.74) is 0. The van der Waals surface area contributed by atoms with Gasteiger partial charge >= 0.3 is 0 Å². The van der Waals surface area contributed by atoms with Gasteiger partial charge in [0.15, 0.2) is 0 Å². The van der Waals surface area contributed by atoms with E-state index in [1.165, 1.54) is 73.6 Å². The molecule has 2 aliphatic rings. The van der Waals surface area contributed by atoms with Crippen molar-refractivity contribution < 1.29 is 24.3 Å². The fraction of sp³-hybridized carbons (Fsp3) is 0.886. The Morgan fingerprint density at radius 2 is 0.981 bits per heavy atom. The van der Waals surface area contributed by atoms with Crippen LogP contribution in [0.15, 0.2) is 0 Å². The molecule has 2 aliphatic heterocycles. The van der Waals surface area contributed by atoms with Crippen molar-refractivity contribution in [2.75, 3.05) is 129 Å². The highest BCUT2D eigenvalue weighted by atomic mass is 33.1. The minimum Gasteiger partial charge on any atom is -0.396 e. The van der Waals surface area contributed by atoms with Crippen LogP contribution in [0.3, 0.4) is 0 Å². The molecule has 7 N–H and O–H groups in total. The minimum atomic E-state index is -0.0921. The number of hydrogen-bond acceptors (Lipinski definition) is 14. The van der Waals surface area contributed by atoms with E-state index in [4.69, 9.17) is 0 Å². The Hall–Kier alpha value is -0.960. The molecule has 0 bridgehead atoms. The molecule has 53 heavy (non-hydrogen) atoms. The normalized spacial score (nSPS) is 14.9. The van der Waals surface area contributed by atoms with E-state index in [2.05, 4.69) is 41.1 Å². The Labute approximate surface area is 335 Å². The molecule has 0 atom stereocenters. The van der Waals surface area contributed by atoms with Crippen LogP contribution in [-0.4, -0.2) is 172 Å². The Balaban J connectivity index is 1.36. The summed E-state index contributed by atoms with van der Waals surface area (Å²) in [6, 6.07) is 0. The molecular weight excluding hydrogens is 755 g/mol. The monoisotopic (exact) mass is 823 g/mol. The molecule has 18 heteroatoms. The van der Waals surface area contributed by atoms with E-state index >= 15 is 0 Å². The maximum absolute atomic E-state index is 12.4. The summed E-state index contributed by atoms with van der Waals surface area (Å²) < 4.78 is 2.83. The molecule has 308 valence electrons. The van der Waals surface area contributed by atoms with Gasteiger partial charge in [-0.15, -0.1) is 0 Å². The summed E-state index contributed by atoms with van der Waals surface area (Å²) >= 11 is 0. The van der Waals surface area contributed by atoms with Gasteiger partial charge in [0.2, 0.25) is 23.6 Å². The van der Waals surface area contributed by atoms with E-state index in [0.717, 1.165) is 50.5 Å². The van der Waals surface area contributed by atoms with E-state index in [1.807, 2.05) is 4.90 Å². The van der Waals surface area contributed by atoms with Gasteiger partial charge in [-0.3, -0.25) is 23.9 Å². The molecular formula is C35H69N9O5S4. The molecule has 2 rings (SSSR count). The van der Waals surface area contributed by atoms with E-state index in [-0.39, 0.29) is 30.2 Å². The van der Waals surface area contributed by atoms with Gasteiger partial charge < -0.3 is 46.4 Å². The van der Waals surface area contributed by atoms with Crippen molar-refractivity contribution in [3.05, 3.63) is 0 Å². The molecule has 14 nitrogen and oxygen atoms in total. The molecule has 0 radical (unpaired) electrons. The molecule has 0 aromatic heterocycles. The van der Waals surface area contributed by atoms with Crippen molar-refractivity contribution in [3.8, 4) is 0 Å². The first kappa shape index (κ1) is 48.2. The minimum absolute atomic E-state index is 0.0332. The maximum atomic E-state index is 12.4. The van der Waals surface area contributed by atoms with Gasteiger partial charge in [0.25, 0.3) is 0 Å². The zero-order chi connectivity index (χ0) is 38.0. The third-order valence-corrected chi connectivity index (χ3v) is 13.2. The number of likely N-dealkylation sites (tertiary alicyclic amines) is 2. The number of nitrogens with zero attached hydrogens (tertiary/aromatic N) is 3. The SMILES string of the molecule is O=C(CCNCCCN1CCCC1)NCCSSCCNC(=O)CCN(CCCO)CCC(=O)NSSCCNC(=O)CCNCCCN1CCCC1. The van der Waals surface area contributed by atoms with Crippen LogP contribution in [0.1, 0.15) is 70.6 Å². The first-order valence-electron chi connectivity index (χ1n) is 19.8. The number of hydrogen-bond donors (Lipinski definition) is 7. The largest absolute Gasteiger partial charge is 0.396 e. The molecule has 2 saturated heterocycles. The number of amides is 4. The van der Waals surface area contributed by atoms with Crippen LogP contribution in [0.5, 0.6) is 0 Å². The standard InChI is InChI=1S/C35H69N9O5S4/c45-28-7-25-44(27-11-35(49)41-53-52-31-18-39-33(47)9-15-37-13-6-24-43-21-3-4-22-43)26-10-34(48)40-17-30-51-50-29-16-38-32(46)8-14-36-12-5-23-42-19-1-2-20-42/h36-37,45H,1-31H2,(H,38,46)(H,39,47)(H,40,48)(H,41,49). The predicted octanol–water partition coefficient (Wildman–Crippen LogP) is 1.52. The lowest BCUT2D eigenvalue weighted by molar-refractivity contribution is -0.122. The van der Waals surface area contributed by atoms with E-state index in [1.54, 1.807) is 21.6 Å². The summed E-state index contributed by atoms with van der Waals surface area (Å²) in [6.45, 7) is 13.9. The summed E-state index contributed by atoms with van der Waals surface area (Å²) in [5.74, 6) is 2.26. The summed E-state index contributed by atoms with van der Waals surface area (Å²) in [4.78, 5) is 55.9. The number of carbonyl (C=O) groups excluding carboxylic acids is 4. The van der Waals surface area contributed by atoms with Gasteiger partial charge in [0, 0.05) is 113 Å². The maximum Gasteiger partial charge on any atom is 0.231 e. The molecule has 0 unspecified atom stereocenters. The fourth-order valence-electron chi connectivity index (χ4n) is 5.92. The molecule has 0 aromatic rings. The summed E-state index contributed by atoms with van der Waals surface area (Å²) in [7, 11) is 6.11. The van der Waals surface area contributed by atoms with Crippen LogP contribution < -0.4 is 31.3 Å². The number of aliphatic hydroxyl groups is 1. The quantitative estimate of drug-likeness (QED) is 0.0279. The van der Waals surface area contributed by atoms with Gasteiger partial charge in [0.05, 0.1) is 0 Å². The lowest BCUT2D eigenvalue weighted by Gasteiger charge is -2.21. The second kappa shape index (κ2) is 34.3. The number of aliphatic hydroxyl groups excluding tert-OH is 1. The number of nitrogens with one attached hydrogen (secondary N) is 6. The zero-order valence-corrected chi connectivity index (χ0v) is 35.2. The van der Waals surface area contributed by atoms with Crippen molar-refractivity contribution in [2.24, 2.45) is 0 Å². The third-order valence-electron chi connectivity index (χ3n) is 8.87. The third kappa shape index (κ3) is 29.0. The topological polar surface area (TPSA) is 170 Å². The second-order valence-corrected chi connectivity index (χ2v) is 18.3. The van der Waals surface area contributed by atoms with Gasteiger partial charge in [-0.25, -0.2) is 0 Å². The first-order valence-corrected chi connectivity index (χ1v) is 24.6. The van der Waals surface area contributed by atoms with Crippen LogP contribution in [0, 0.1) is 0 Å². The molecule has 0 aromatic carbocycles. The smallest absolute Gasteiger partial charge is 0.231 e. The van der Waals surface area contributed by atoms with Crippen molar-refractivity contribution >= 4 is 67.0 Å². The highest BCUT2D eigenvalue weighted by Gasteiger charge is 2.13. The van der Waals surface area contributed by atoms with Crippen LogP contribution in [0.4, 0.5) is 0 Å². The zero-order valence-electron chi connectivity index (χ0n) is 32.0. The van der Waals surface area contributed by atoms with Crippen LogP contribution >= 0.6 is 43.4 Å². The van der Waals surface area contributed by atoms with Gasteiger partial charge in [-0.2, -0.15) is 0 Å². The highest BCUT2D eigenvalue weighted by Crippen LogP contribution is 2.19. The summed E-state index contributed by atoms with van der Waals surface area (Å²) in [6.07, 6.45) is 9.69. The lowest BCUT2D eigenvalue weighted by atomic mass is 10.3. The van der Waals surface area contributed by atoms with E-state index in [9.17, 15) is 24.3 Å². The average molecular weight is 824 g/mol.